The molecule has 12 heteroatoms. The van der Waals surface area contributed by atoms with Gasteiger partial charge in [-0.3, -0.25) is 4.79 Å². The van der Waals surface area contributed by atoms with Gasteiger partial charge in [0.2, 0.25) is 5.82 Å². The van der Waals surface area contributed by atoms with Crippen LogP contribution in [0, 0.1) is 17.6 Å². The Bertz CT molecular complexity index is 1110. The van der Waals surface area contributed by atoms with Gasteiger partial charge < -0.3 is 25.3 Å². The molecule has 5 atom stereocenters. The maximum atomic E-state index is 14.5. The number of nitrogens with zero attached hydrogens (tertiary/aromatic N) is 1. The van der Waals surface area contributed by atoms with Gasteiger partial charge in [-0.05, 0) is 13.0 Å². The molecule has 1 aromatic carbocycles. The van der Waals surface area contributed by atoms with Crippen molar-refractivity contribution in [3.8, 4) is 11.5 Å². The van der Waals surface area contributed by atoms with Gasteiger partial charge >= 0.3 is 6.18 Å². The summed E-state index contributed by atoms with van der Waals surface area (Å²) < 4.78 is 86.8. The largest absolute Gasteiger partial charge is 0.493 e. The smallest absolute Gasteiger partial charge is 0.417 e. The van der Waals surface area contributed by atoms with Crippen molar-refractivity contribution in [3.63, 3.8) is 0 Å². The van der Waals surface area contributed by atoms with Crippen molar-refractivity contribution in [1.82, 2.24) is 4.98 Å². The number of benzene rings is 1. The number of anilines is 1. The van der Waals surface area contributed by atoms with Crippen molar-refractivity contribution in [2.75, 3.05) is 12.4 Å². The molecule has 33 heavy (non-hydrogen) atoms. The Morgan fingerprint density at radius 1 is 1.27 bits per heavy atom. The first-order valence-electron chi connectivity index (χ1n) is 9.89. The Labute approximate surface area is 185 Å². The van der Waals surface area contributed by atoms with E-state index in [2.05, 4.69) is 10.3 Å². The zero-order chi connectivity index (χ0) is 24.3. The fourth-order valence-electron chi connectivity index (χ4n) is 4.46. The predicted octanol–water partition coefficient (Wildman–Crippen LogP) is 3.74. The number of ether oxygens (including phenoxy) is 3. The average Bonchev–Trinajstić information content (AvgIpc) is 3.29. The van der Waals surface area contributed by atoms with Crippen LogP contribution in [0.2, 0.25) is 0 Å². The Morgan fingerprint density at radius 3 is 2.58 bits per heavy atom. The van der Waals surface area contributed by atoms with Crippen molar-refractivity contribution in [2.45, 2.75) is 43.9 Å². The number of nitrogens with one attached hydrogen (secondary N) is 1. The molecule has 7 nitrogen and oxygen atoms in total. The number of aromatic nitrogens is 1. The van der Waals surface area contributed by atoms with E-state index in [0.29, 0.717) is 0 Å². The van der Waals surface area contributed by atoms with Gasteiger partial charge in [0.1, 0.15) is 17.5 Å². The highest BCUT2D eigenvalue weighted by Crippen LogP contribution is 2.56. The maximum absolute atomic E-state index is 14.5. The van der Waals surface area contributed by atoms with E-state index in [1.807, 2.05) is 0 Å². The van der Waals surface area contributed by atoms with Gasteiger partial charge in [-0.25, -0.2) is 9.37 Å². The SMILES string of the molecule is COc1c([C@H]2[C@H](C3Nc4c(ccnc4C(N)=O)O3)O[C@@](C)(C(F)(F)F)[C@H]2C)ccc(F)c1F. The minimum absolute atomic E-state index is 0.0171. The number of hydrogen-bond acceptors (Lipinski definition) is 6. The molecule has 0 saturated carbocycles. The zero-order valence-corrected chi connectivity index (χ0v) is 17.7. The number of nitrogens with two attached hydrogens (primary N) is 1. The van der Waals surface area contributed by atoms with Crippen LogP contribution < -0.4 is 20.5 Å². The highest BCUT2D eigenvalue weighted by atomic mass is 19.4. The standard InChI is InChI=1S/C21H20F5N3O4/c1-8-12(9-4-5-10(22)13(23)16(9)31-3)17(33-20(8,2)21(24,25)26)19-29-14-11(32-19)6-7-28-15(14)18(27)30/h4-8,12,17,19,29H,1-3H3,(H2,27,30)/t8-,12-,17+,19?,20+/m0/s1. The van der Waals surface area contributed by atoms with Gasteiger partial charge in [0.15, 0.2) is 29.1 Å². The number of fused-ring (bicyclic) bond motifs is 1. The van der Waals surface area contributed by atoms with Gasteiger partial charge in [-0.15, -0.1) is 0 Å². The first-order valence-corrected chi connectivity index (χ1v) is 9.89. The molecule has 1 amide bonds. The lowest BCUT2D eigenvalue weighted by molar-refractivity contribution is -0.277. The second-order valence-electron chi connectivity index (χ2n) is 8.07. The molecule has 1 saturated heterocycles. The second kappa shape index (κ2) is 7.72. The van der Waals surface area contributed by atoms with Gasteiger partial charge in [0.25, 0.3) is 5.91 Å². The van der Waals surface area contributed by atoms with Crippen molar-refractivity contribution >= 4 is 11.6 Å². The summed E-state index contributed by atoms with van der Waals surface area (Å²) in [6, 6.07) is 3.38. The minimum atomic E-state index is -4.80. The number of hydrogen-bond donors (Lipinski definition) is 2. The zero-order valence-electron chi connectivity index (χ0n) is 17.7. The van der Waals surface area contributed by atoms with E-state index in [4.69, 9.17) is 19.9 Å². The van der Waals surface area contributed by atoms with Crippen LogP contribution in [0.25, 0.3) is 0 Å². The number of halogens is 5. The first-order chi connectivity index (χ1) is 15.4. The number of primary amides is 1. The molecule has 3 N–H and O–H groups in total. The molecule has 0 radical (unpaired) electrons. The van der Waals surface area contributed by atoms with Crippen LogP contribution in [-0.2, 0) is 4.74 Å². The first kappa shape index (κ1) is 23.0. The van der Waals surface area contributed by atoms with E-state index in [9.17, 15) is 26.7 Å². The maximum Gasteiger partial charge on any atom is 0.417 e. The molecule has 178 valence electrons. The van der Waals surface area contributed by atoms with E-state index >= 15 is 0 Å². The van der Waals surface area contributed by atoms with Crippen molar-refractivity contribution in [1.29, 1.82) is 0 Å². The molecule has 2 aromatic rings. The lowest BCUT2D eigenvalue weighted by Gasteiger charge is -2.32. The number of methoxy groups -OCH3 is 1. The molecule has 0 aliphatic carbocycles. The van der Waals surface area contributed by atoms with Gasteiger partial charge in [0.05, 0.1) is 7.11 Å². The third kappa shape index (κ3) is 3.43. The quantitative estimate of drug-likeness (QED) is 0.657. The molecule has 2 aliphatic rings. The lowest BCUT2D eigenvalue weighted by atomic mass is 9.76. The van der Waals surface area contributed by atoms with E-state index in [1.54, 1.807) is 0 Å². The van der Waals surface area contributed by atoms with Crippen LogP contribution in [-0.4, -0.2) is 42.1 Å². The van der Waals surface area contributed by atoms with Gasteiger partial charge in [-0.2, -0.15) is 17.6 Å². The lowest BCUT2D eigenvalue weighted by Crippen LogP contribution is -2.47. The van der Waals surface area contributed by atoms with E-state index < -0.39 is 59.2 Å². The van der Waals surface area contributed by atoms with Crippen LogP contribution >= 0.6 is 0 Å². The molecule has 3 heterocycles. The fourth-order valence-corrected chi connectivity index (χ4v) is 4.46. The van der Waals surface area contributed by atoms with Crippen LogP contribution in [0.15, 0.2) is 24.4 Å². The molecular formula is C21H20F5N3O4. The fraction of sp³-hybridized carbons (Fsp3) is 0.429. The number of carbonyl (C=O) groups excluding carboxylic acids is 1. The topological polar surface area (TPSA) is 95.7 Å². The number of alkyl halides is 3. The Hall–Kier alpha value is -3.15. The Balaban J connectivity index is 1.82. The number of carbonyl (C=O) groups is 1. The monoisotopic (exact) mass is 473 g/mol. The summed E-state index contributed by atoms with van der Waals surface area (Å²) in [7, 11) is 1.09. The summed E-state index contributed by atoms with van der Waals surface area (Å²) in [5, 5.41) is 2.81. The van der Waals surface area contributed by atoms with Crippen LogP contribution in [0.3, 0.4) is 0 Å². The Kier molecular flexibility index (Phi) is 5.38. The summed E-state index contributed by atoms with van der Waals surface area (Å²) in [6.07, 6.45) is -6.11. The normalized spacial score (nSPS) is 28.7. The van der Waals surface area contributed by atoms with Crippen molar-refractivity contribution < 1.29 is 41.0 Å². The molecule has 0 bridgehead atoms. The van der Waals surface area contributed by atoms with Crippen LogP contribution in [0.4, 0.5) is 27.6 Å². The molecule has 1 aromatic heterocycles. The minimum Gasteiger partial charge on any atom is -0.493 e. The number of amides is 1. The summed E-state index contributed by atoms with van der Waals surface area (Å²) in [5.41, 5.74) is 2.59. The van der Waals surface area contributed by atoms with Gasteiger partial charge in [-0.1, -0.05) is 13.0 Å². The second-order valence-corrected chi connectivity index (χ2v) is 8.07. The number of rotatable bonds is 4. The van der Waals surface area contributed by atoms with Gasteiger partial charge in [0, 0.05) is 29.7 Å². The van der Waals surface area contributed by atoms with Crippen LogP contribution in [0.1, 0.15) is 35.8 Å². The molecule has 2 aliphatic heterocycles. The molecule has 1 fully saturated rings. The average molecular weight is 473 g/mol. The molecule has 1 unspecified atom stereocenters. The third-order valence-electron chi connectivity index (χ3n) is 6.33. The van der Waals surface area contributed by atoms with E-state index in [-0.39, 0.29) is 22.7 Å². The summed E-state index contributed by atoms with van der Waals surface area (Å²) in [5.74, 6) is -6.20. The summed E-state index contributed by atoms with van der Waals surface area (Å²) in [4.78, 5) is 15.6. The van der Waals surface area contributed by atoms with E-state index in [0.717, 1.165) is 26.2 Å². The summed E-state index contributed by atoms with van der Waals surface area (Å²) >= 11 is 0. The van der Waals surface area contributed by atoms with Crippen molar-refractivity contribution in [2.24, 2.45) is 11.7 Å². The molecular weight excluding hydrogens is 453 g/mol. The van der Waals surface area contributed by atoms with Crippen LogP contribution in [0.5, 0.6) is 11.5 Å². The van der Waals surface area contributed by atoms with E-state index in [1.165, 1.54) is 19.2 Å². The molecule has 0 spiro atoms. The highest BCUT2D eigenvalue weighted by Gasteiger charge is 2.66. The Morgan fingerprint density at radius 2 is 1.97 bits per heavy atom. The van der Waals surface area contributed by atoms with Crippen molar-refractivity contribution in [3.05, 3.63) is 47.3 Å². The summed E-state index contributed by atoms with van der Waals surface area (Å²) in [6.45, 7) is 2.19. The highest BCUT2D eigenvalue weighted by molar-refractivity contribution is 5.98. The predicted molar refractivity (Wildman–Crippen MR) is 105 cm³/mol. The third-order valence-corrected chi connectivity index (χ3v) is 6.33. The number of pyridine rings is 1. The molecule has 4 rings (SSSR count).